The largest absolute Gasteiger partial charge is 0.345 e. The van der Waals surface area contributed by atoms with Crippen LogP contribution in [0.1, 0.15) is 34.5 Å². The molecule has 0 spiro atoms. The SMILES string of the molecule is CCN1CCN(Cc2ccc(CNC(=O)c3nc(C)n(-c4ccc(F)cc4)n3)cc2)CC1. The average Bonchev–Trinajstić information content (AvgIpc) is 3.21. The van der Waals surface area contributed by atoms with Gasteiger partial charge in [0.25, 0.3) is 5.91 Å². The number of likely N-dealkylation sites (N-methyl/N-ethyl adjacent to an activating group) is 1. The molecular weight excluding hydrogens is 407 g/mol. The van der Waals surface area contributed by atoms with Crippen LogP contribution in [-0.2, 0) is 13.1 Å². The lowest BCUT2D eigenvalue weighted by Gasteiger charge is -2.34. The first kappa shape index (κ1) is 22.1. The first-order chi connectivity index (χ1) is 15.5. The molecular formula is C24H29FN6O. The number of hydrogen-bond acceptors (Lipinski definition) is 5. The molecule has 0 radical (unpaired) electrons. The summed E-state index contributed by atoms with van der Waals surface area (Å²) in [5, 5.41) is 7.15. The Morgan fingerprint density at radius 3 is 2.25 bits per heavy atom. The van der Waals surface area contributed by atoms with E-state index in [1.807, 2.05) is 12.1 Å². The second-order valence-electron chi connectivity index (χ2n) is 8.08. The number of amides is 1. The monoisotopic (exact) mass is 436 g/mol. The van der Waals surface area contributed by atoms with Gasteiger partial charge in [-0.05, 0) is 48.9 Å². The second kappa shape index (κ2) is 10.0. The summed E-state index contributed by atoms with van der Waals surface area (Å²) in [5.74, 6) is -0.0121. The van der Waals surface area contributed by atoms with Crippen LogP contribution in [0.2, 0.25) is 0 Å². The van der Waals surface area contributed by atoms with Gasteiger partial charge >= 0.3 is 0 Å². The molecule has 4 rings (SSSR count). The van der Waals surface area contributed by atoms with Crippen LogP contribution in [0.25, 0.3) is 5.69 Å². The molecule has 0 saturated carbocycles. The fourth-order valence-electron chi connectivity index (χ4n) is 3.86. The summed E-state index contributed by atoms with van der Waals surface area (Å²) in [5.41, 5.74) is 2.95. The molecule has 32 heavy (non-hydrogen) atoms. The maximum atomic E-state index is 13.2. The molecule has 3 aromatic rings. The summed E-state index contributed by atoms with van der Waals surface area (Å²) < 4.78 is 14.7. The highest BCUT2D eigenvalue weighted by Crippen LogP contribution is 2.12. The lowest BCUT2D eigenvalue weighted by Crippen LogP contribution is -2.45. The van der Waals surface area contributed by atoms with Gasteiger partial charge in [-0.1, -0.05) is 31.2 Å². The molecule has 168 valence electrons. The number of carbonyl (C=O) groups is 1. The molecule has 7 nitrogen and oxygen atoms in total. The van der Waals surface area contributed by atoms with Gasteiger partial charge in [-0.3, -0.25) is 9.69 Å². The maximum Gasteiger partial charge on any atom is 0.291 e. The minimum Gasteiger partial charge on any atom is -0.345 e. The normalized spacial score (nSPS) is 15.1. The average molecular weight is 437 g/mol. The maximum absolute atomic E-state index is 13.2. The molecule has 1 aromatic heterocycles. The minimum atomic E-state index is -0.341. The molecule has 0 aliphatic carbocycles. The van der Waals surface area contributed by atoms with E-state index in [0.29, 0.717) is 18.1 Å². The Morgan fingerprint density at radius 1 is 0.969 bits per heavy atom. The topological polar surface area (TPSA) is 66.3 Å². The van der Waals surface area contributed by atoms with Crippen LogP contribution in [0.5, 0.6) is 0 Å². The van der Waals surface area contributed by atoms with E-state index in [1.54, 1.807) is 19.1 Å². The van der Waals surface area contributed by atoms with E-state index in [-0.39, 0.29) is 17.5 Å². The molecule has 0 unspecified atom stereocenters. The van der Waals surface area contributed by atoms with Gasteiger partial charge in [0.2, 0.25) is 5.82 Å². The Bertz CT molecular complexity index is 1040. The van der Waals surface area contributed by atoms with Gasteiger partial charge in [0, 0.05) is 39.3 Å². The van der Waals surface area contributed by atoms with Crippen molar-refractivity contribution in [1.29, 1.82) is 0 Å². The first-order valence-electron chi connectivity index (χ1n) is 11.0. The lowest BCUT2D eigenvalue weighted by atomic mass is 10.1. The highest BCUT2D eigenvalue weighted by molar-refractivity contribution is 5.90. The van der Waals surface area contributed by atoms with Crippen LogP contribution in [0.4, 0.5) is 4.39 Å². The van der Waals surface area contributed by atoms with Gasteiger partial charge in [0.1, 0.15) is 11.6 Å². The number of piperazine rings is 1. The Morgan fingerprint density at radius 2 is 1.59 bits per heavy atom. The van der Waals surface area contributed by atoms with Crippen LogP contribution in [-0.4, -0.2) is 63.2 Å². The van der Waals surface area contributed by atoms with Gasteiger partial charge < -0.3 is 10.2 Å². The quantitative estimate of drug-likeness (QED) is 0.617. The van der Waals surface area contributed by atoms with Crippen molar-refractivity contribution in [1.82, 2.24) is 29.9 Å². The third kappa shape index (κ3) is 5.38. The van der Waals surface area contributed by atoms with Crippen LogP contribution in [0.15, 0.2) is 48.5 Å². The van der Waals surface area contributed by atoms with Crippen molar-refractivity contribution in [3.8, 4) is 5.69 Å². The molecule has 1 N–H and O–H groups in total. The number of rotatable bonds is 7. The van der Waals surface area contributed by atoms with Gasteiger partial charge in [0.05, 0.1) is 5.69 Å². The zero-order valence-corrected chi connectivity index (χ0v) is 18.6. The van der Waals surface area contributed by atoms with Crippen LogP contribution in [0, 0.1) is 12.7 Å². The van der Waals surface area contributed by atoms with Crippen molar-refractivity contribution >= 4 is 5.91 Å². The van der Waals surface area contributed by atoms with Gasteiger partial charge in [-0.15, -0.1) is 5.10 Å². The number of halogens is 1. The van der Waals surface area contributed by atoms with E-state index < -0.39 is 0 Å². The van der Waals surface area contributed by atoms with E-state index >= 15 is 0 Å². The summed E-state index contributed by atoms with van der Waals surface area (Å²) in [6, 6.07) is 14.3. The number of carbonyl (C=O) groups excluding carboxylic acids is 1. The fraction of sp³-hybridized carbons (Fsp3) is 0.375. The molecule has 1 saturated heterocycles. The highest BCUT2D eigenvalue weighted by Gasteiger charge is 2.16. The van der Waals surface area contributed by atoms with Crippen molar-refractivity contribution in [2.45, 2.75) is 26.9 Å². The first-order valence-corrected chi connectivity index (χ1v) is 11.0. The van der Waals surface area contributed by atoms with Crippen LogP contribution in [0.3, 0.4) is 0 Å². The van der Waals surface area contributed by atoms with Gasteiger partial charge in [-0.25, -0.2) is 14.1 Å². The van der Waals surface area contributed by atoms with Crippen molar-refractivity contribution in [2.75, 3.05) is 32.7 Å². The minimum absolute atomic E-state index is 0.0923. The van der Waals surface area contributed by atoms with Crippen LogP contribution >= 0.6 is 0 Å². The molecule has 8 heteroatoms. The number of aryl methyl sites for hydroxylation is 1. The number of hydrogen-bond donors (Lipinski definition) is 1. The molecule has 1 amide bonds. The standard InChI is InChI=1S/C24H29FN6O/c1-3-29-12-14-30(15-13-29)17-20-6-4-19(5-7-20)16-26-24(32)23-27-18(2)31(28-23)22-10-8-21(25)9-11-22/h4-11H,3,12-17H2,1-2H3,(H,26,32). The third-order valence-corrected chi connectivity index (χ3v) is 5.84. The number of aromatic nitrogens is 3. The second-order valence-corrected chi connectivity index (χ2v) is 8.08. The van der Waals surface area contributed by atoms with E-state index in [1.165, 1.54) is 22.4 Å². The number of benzene rings is 2. The molecule has 2 heterocycles. The van der Waals surface area contributed by atoms with E-state index in [9.17, 15) is 9.18 Å². The summed E-state index contributed by atoms with van der Waals surface area (Å²) in [6.07, 6.45) is 0. The van der Waals surface area contributed by atoms with Crippen molar-refractivity contribution in [3.05, 3.63) is 77.1 Å². The highest BCUT2D eigenvalue weighted by atomic mass is 19.1. The molecule has 0 atom stereocenters. The van der Waals surface area contributed by atoms with Gasteiger partial charge in [-0.2, -0.15) is 0 Å². The van der Waals surface area contributed by atoms with Gasteiger partial charge in [0.15, 0.2) is 0 Å². The van der Waals surface area contributed by atoms with Crippen molar-refractivity contribution in [2.24, 2.45) is 0 Å². The zero-order chi connectivity index (χ0) is 22.5. The molecule has 0 bridgehead atoms. The van der Waals surface area contributed by atoms with E-state index in [4.69, 9.17) is 0 Å². The summed E-state index contributed by atoms with van der Waals surface area (Å²) in [4.78, 5) is 21.7. The van der Waals surface area contributed by atoms with E-state index in [2.05, 4.69) is 44.3 Å². The smallest absolute Gasteiger partial charge is 0.291 e. The lowest BCUT2D eigenvalue weighted by molar-refractivity contribution is 0.0940. The number of nitrogens with one attached hydrogen (secondary N) is 1. The predicted molar refractivity (Wildman–Crippen MR) is 121 cm³/mol. The number of nitrogens with zero attached hydrogens (tertiary/aromatic N) is 5. The summed E-state index contributed by atoms with van der Waals surface area (Å²) >= 11 is 0. The van der Waals surface area contributed by atoms with Crippen molar-refractivity contribution < 1.29 is 9.18 Å². The molecule has 2 aromatic carbocycles. The van der Waals surface area contributed by atoms with Crippen LogP contribution < -0.4 is 5.32 Å². The zero-order valence-electron chi connectivity index (χ0n) is 18.6. The third-order valence-electron chi connectivity index (χ3n) is 5.84. The molecule has 1 aliphatic heterocycles. The fourth-order valence-corrected chi connectivity index (χ4v) is 3.86. The van der Waals surface area contributed by atoms with Crippen molar-refractivity contribution in [3.63, 3.8) is 0 Å². The van der Waals surface area contributed by atoms with E-state index in [0.717, 1.165) is 44.8 Å². The Labute approximate surface area is 187 Å². The Hall–Kier alpha value is -3.10. The Balaban J connectivity index is 1.30. The summed E-state index contributed by atoms with van der Waals surface area (Å²) in [6.45, 7) is 10.9. The summed E-state index contributed by atoms with van der Waals surface area (Å²) in [7, 11) is 0. The predicted octanol–water partition coefficient (Wildman–Crippen LogP) is 2.78. The Kier molecular flexibility index (Phi) is 6.92. The molecule has 1 aliphatic rings. The molecule has 1 fully saturated rings.